The molecule has 94 valence electrons. The number of benzene rings is 1. The van der Waals surface area contributed by atoms with Crippen LogP contribution < -0.4 is 0 Å². The van der Waals surface area contributed by atoms with Crippen LogP contribution in [-0.4, -0.2) is 37.7 Å². The Hall–Kier alpha value is -0.910. The fourth-order valence-electron chi connectivity index (χ4n) is 1.70. The molecule has 1 aliphatic rings. The van der Waals surface area contributed by atoms with E-state index >= 15 is 0 Å². The average molecular weight is 255 g/mol. The summed E-state index contributed by atoms with van der Waals surface area (Å²) in [5.74, 6) is 0.165. The standard InChI is InChI=1S/C12H17NO3S/c1-2-17(14,15)13-8-12(9-13)16-10-11-6-4-3-5-7-11/h3-7,12H,2,8-10H2,1H3. The van der Waals surface area contributed by atoms with Gasteiger partial charge in [-0.1, -0.05) is 30.3 Å². The van der Waals surface area contributed by atoms with E-state index in [-0.39, 0.29) is 11.9 Å². The maximum Gasteiger partial charge on any atom is 0.214 e. The van der Waals surface area contributed by atoms with Gasteiger partial charge in [-0.3, -0.25) is 0 Å². The second-order valence-corrected chi connectivity index (χ2v) is 6.39. The van der Waals surface area contributed by atoms with Crippen molar-refractivity contribution < 1.29 is 13.2 Å². The molecule has 0 radical (unpaired) electrons. The zero-order valence-electron chi connectivity index (χ0n) is 9.87. The number of hydrogen-bond donors (Lipinski definition) is 0. The first-order valence-electron chi connectivity index (χ1n) is 5.75. The molecule has 2 rings (SSSR count). The van der Waals surface area contributed by atoms with E-state index in [1.54, 1.807) is 6.92 Å². The van der Waals surface area contributed by atoms with Gasteiger partial charge in [0.2, 0.25) is 10.0 Å². The highest BCUT2D eigenvalue weighted by atomic mass is 32.2. The van der Waals surface area contributed by atoms with Gasteiger partial charge in [-0.15, -0.1) is 0 Å². The molecule has 0 unspecified atom stereocenters. The van der Waals surface area contributed by atoms with E-state index in [1.165, 1.54) is 4.31 Å². The molecular formula is C12H17NO3S. The third-order valence-electron chi connectivity index (χ3n) is 2.90. The summed E-state index contributed by atoms with van der Waals surface area (Å²) in [6, 6.07) is 9.89. The average Bonchev–Trinajstić information content (AvgIpc) is 2.28. The van der Waals surface area contributed by atoms with Crippen LogP contribution in [0.2, 0.25) is 0 Å². The van der Waals surface area contributed by atoms with Crippen LogP contribution in [0.15, 0.2) is 30.3 Å². The second-order valence-electron chi connectivity index (χ2n) is 4.14. The first kappa shape index (κ1) is 12.5. The highest BCUT2D eigenvalue weighted by Crippen LogP contribution is 2.17. The normalized spacial score (nSPS) is 17.9. The lowest BCUT2D eigenvalue weighted by molar-refractivity contribution is -0.0295. The van der Waals surface area contributed by atoms with Crippen molar-refractivity contribution in [3.8, 4) is 0 Å². The van der Waals surface area contributed by atoms with E-state index in [1.807, 2.05) is 30.3 Å². The number of rotatable bonds is 5. The Bertz CT molecular complexity index is 452. The molecule has 0 saturated carbocycles. The minimum absolute atomic E-state index is 0.0385. The summed E-state index contributed by atoms with van der Waals surface area (Å²) in [5, 5.41) is 0. The summed E-state index contributed by atoms with van der Waals surface area (Å²) in [6.07, 6.45) is 0.0385. The molecule has 1 aliphatic heterocycles. The van der Waals surface area contributed by atoms with Crippen molar-refractivity contribution in [2.45, 2.75) is 19.6 Å². The largest absolute Gasteiger partial charge is 0.371 e. The molecule has 0 atom stereocenters. The van der Waals surface area contributed by atoms with Gasteiger partial charge >= 0.3 is 0 Å². The number of ether oxygens (including phenoxy) is 1. The molecule has 0 spiro atoms. The molecule has 1 fully saturated rings. The van der Waals surface area contributed by atoms with Crippen LogP contribution in [0.4, 0.5) is 0 Å². The zero-order valence-corrected chi connectivity index (χ0v) is 10.7. The van der Waals surface area contributed by atoms with Gasteiger partial charge in [0.25, 0.3) is 0 Å². The molecule has 4 nitrogen and oxygen atoms in total. The summed E-state index contributed by atoms with van der Waals surface area (Å²) in [6.45, 7) is 3.19. The molecule has 0 N–H and O–H groups in total. The molecule has 1 saturated heterocycles. The molecule has 1 heterocycles. The van der Waals surface area contributed by atoms with Crippen LogP contribution in [0.25, 0.3) is 0 Å². The van der Waals surface area contributed by atoms with Crippen molar-refractivity contribution in [3.05, 3.63) is 35.9 Å². The minimum atomic E-state index is -3.02. The lowest BCUT2D eigenvalue weighted by Crippen LogP contribution is -2.54. The first-order valence-corrected chi connectivity index (χ1v) is 7.36. The molecular weight excluding hydrogens is 238 g/mol. The summed E-state index contributed by atoms with van der Waals surface area (Å²) < 4.78 is 30.0. The molecule has 17 heavy (non-hydrogen) atoms. The van der Waals surface area contributed by atoms with Crippen LogP contribution in [0.1, 0.15) is 12.5 Å². The predicted molar refractivity (Wildman–Crippen MR) is 66.1 cm³/mol. The third kappa shape index (κ3) is 3.06. The van der Waals surface area contributed by atoms with Crippen molar-refractivity contribution in [1.82, 2.24) is 4.31 Å². The van der Waals surface area contributed by atoms with Crippen LogP contribution in [0.3, 0.4) is 0 Å². The Balaban J connectivity index is 1.75. The van der Waals surface area contributed by atoms with Gasteiger partial charge in [0, 0.05) is 13.1 Å². The first-order chi connectivity index (χ1) is 8.12. The van der Waals surface area contributed by atoms with E-state index < -0.39 is 10.0 Å². The van der Waals surface area contributed by atoms with Gasteiger partial charge in [0.1, 0.15) is 0 Å². The number of nitrogens with zero attached hydrogens (tertiary/aromatic N) is 1. The lowest BCUT2D eigenvalue weighted by Gasteiger charge is -2.37. The van der Waals surface area contributed by atoms with E-state index in [4.69, 9.17) is 4.74 Å². The van der Waals surface area contributed by atoms with Crippen molar-refractivity contribution in [2.24, 2.45) is 0 Å². The fraction of sp³-hybridized carbons (Fsp3) is 0.500. The highest BCUT2D eigenvalue weighted by molar-refractivity contribution is 7.89. The van der Waals surface area contributed by atoms with Crippen molar-refractivity contribution in [1.29, 1.82) is 0 Å². The van der Waals surface area contributed by atoms with Crippen LogP contribution >= 0.6 is 0 Å². The van der Waals surface area contributed by atoms with Gasteiger partial charge in [-0.25, -0.2) is 8.42 Å². The van der Waals surface area contributed by atoms with Crippen LogP contribution in [0.5, 0.6) is 0 Å². The van der Waals surface area contributed by atoms with E-state index in [0.717, 1.165) is 5.56 Å². The Kier molecular flexibility index (Phi) is 3.81. The van der Waals surface area contributed by atoms with Gasteiger partial charge in [0.05, 0.1) is 18.5 Å². The maximum absolute atomic E-state index is 11.5. The lowest BCUT2D eigenvalue weighted by atomic mass is 10.2. The molecule has 0 bridgehead atoms. The topological polar surface area (TPSA) is 46.6 Å². The second kappa shape index (κ2) is 5.16. The van der Waals surface area contributed by atoms with E-state index in [9.17, 15) is 8.42 Å². The van der Waals surface area contributed by atoms with Crippen LogP contribution in [-0.2, 0) is 21.4 Å². The molecule has 0 aliphatic carbocycles. The highest BCUT2D eigenvalue weighted by Gasteiger charge is 2.35. The molecule has 5 heteroatoms. The SMILES string of the molecule is CCS(=O)(=O)N1CC(OCc2ccccc2)C1. The van der Waals surface area contributed by atoms with E-state index in [2.05, 4.69) is 0 Å². The molecule has 0 amide bonds. The molecule has 1 aromatic carbocycles. The Morgan fingerprint density at radius 1 is 1.29 bits per heavy atom. The maximum atomic E-state index is 11.5. The Morgan fingerprint density at radius 3 is 2.53 bits per heavy atom. The summed E-state index contributed by atoms with van der Waals surface area (Å²) in [5.41, 5.74) is 1.12. The van der Waals surface area contributed by atoms with E-state index in [0.29, 0.717) is 19.7 Å². The van der Waals surface area contributed by atoms with Crippen molar-refractivity contribution >= 4 is 10.0 Å². The van der Waals surface area contributed by atoms with Gasteiger partial charge in [-0.2, -0.15) is 4.31 Å². The Morgan fingerprint density at radius 2 is 1.94 bits per heavy atom. The third-order valence-corrected chi connectivity index (χ3v) is 4.72. The quantitative estimate of drug-likeness (QED) is 0.795. The van der Waals surface area contributed by atoms with Crippen LogP contribution in [0, 0.1) is 0 Å². The van der Waals surface area contributed by atoms with Gasteiger partial charge in [0.15, 0.2) is 0 Å². The number of sulfonamides is 1. The summed E-state index contributed by atoms with van der Waals surface area (Å²) in [7, 11) is -3.02. The summed E-state index contributed by atoms with van der Waals surface area (Å²) in [4.78, 5) is 0. The smallest absolute Gasteiger partial charge is 0.214 e. The zero-order chi connectivity index (χ0) is 12.3. The van der Waals surface area contributed by atoms with Crippen molar-refractivity contribution in [2.75, 3.05) is 18.8 Å². The number of hydrogen-bond acceptors (Lipinski definition) is 3. The molecule has 1 aromatic rings. The fourth-order valence-corrected chi connectivity index (χ4v) is 2.86. The van der Waals surface area contributed by atoms with Crippen molar-refractivity contribution in [3.63, 3.8) is 0 Å². The predicted octanol–water partition coefficient (Wildman–Crippen LogP) is 1.24. The monoisotopic (exact) mass is 255 g/mol. The van der Waals surface area contributed by atoms with Gasteiger partial charge < -0.3 is 4.74 Å². The Labute approximate surface area is 102 Å². The minimum Gasteiger partial charge on any atom is -0.371 e. The van der Waals surface area contributed by atoms with Gasteiger partial charge in [-0.05, 0) is 12.5 Å². The molecule has 0 aromatic heterocycles. The summed E-state index contributed by atoms with van der Waals surface area (Å²) >= 11 is 0.